The summed E-state index contributed by atoms with van der Waals surface area (Å²) in [6, 6.07) is 3.36. The van der Waals surface area contributed by atoms with Crippen LogP contribution in [-0.2, 0) is 21.2 Å². The van der Waals surface area contributed by atoms with E-state index in [-0.39, 0.29) is 51.4 Å². The maximum absolute atomic E-state index is 10.5. The molecule has 1 aromatic carbocycles. The second-order valence-corrected chi connectivity index (χ2v) is 5.75. The van der Waals surface area contributed by atoms with Gasteiger partial charge < -0.3 is 9.12 Å². The normalized spacial score (nSPS) is 16.0. The Balaban J connectivity index is 0.00000161. The summed E-state index contributed by atoms with van der Waals surface area (Å²) in [5.74, 6) is 0.811. The van der Waals surface area contributed by atoms with Crippen molar-refractivity contribution in [2.75, 3.05) is 0 Å². The first-order chi connectivity index (χ1) is 9.37. The van der Waals surface area contributed by atoms with Crippen molar-refractivity contribution in [1.29, 1.82) is 0 Å². The second kappa shape index (κ2) is 6.24. The number of oxime groups is 1. The average Bonchev–Trinajstić information content (AvgIpc) is 2.70. The summed E-state index contributed by atoms with van der Waals surface area (Å²) >= 11 is 6.10. The van der Waals surface area contributed by atoms with E-state index in [0.29, 0.717) is 34.8 Å². The number of hydrogen-bond acceptors (Lipinski definition) is 6. The van der Waals surface area contributed by atoms with Gasteiger partial charge in [0.05, 0.1) is 16.3 Å². The molecule has 0 atom stereocenters. The molecule has 0 bridgehead atoms. The Morgan fingerprint density at radius 2 is 2.19 bits per heavy atom. The molecule has 2 aromatic rings. The van der Waals surface area contributed by atoms with Gasteiger partial charge in [0.2, 0.25) is 0 Å². The van der Waals surface area contributed by atoms with E-state index in [1.165, 1.54) is 0 Å². The van der Waals surface area contributed by atoms with E-state index < -0.39 is 10.4 Å². The SMILES string of the molecule is Cc1nc2c(Cl)ccc3c2n1CC/C3=N/OS(=O)(=O)[O-].[K+]. The molecular formula is C11H9ClKN3O4S. The number of hydrogen-bond donors (Lipinski definition) is 0. The van der Waals surface area contributed by atoms with Crippen molar-refractivity contribution in [3.8, 4) is 0 Å². The van der Waals surface area contributed by atoms with Gasteiger partial charge in [-0.1, -0.05) is 16.8 Å². The van der Waals surface area contributed by atoms with E-state index in [1.807, 2.05) is 11.5 Å². The van der Waals surface area contributed by atoms with Crippen LogP contribution in [0.25, 0.3) is 11.0 Å². The van der Waals surface area contributed by atoms with Crippen molar-refractivity contribution >= 4 is 38.7 Å². The molecule has 0 radical (unpaired) electrons. The van der Waals surface area contributed by atoms with E-state index >= 15 is 0 Å². The quantitative estimate of drug-likeness (QED) is 0.286. The van der Waals surface area contributed by atoms with Crippen LogP contribution in [0, 0.1) is 6.92 Å². The zero-order valence-electron chi connectivity index (χ0n) is 11.3. The van der Waals surface area contributed by atoms with Crippen LogP contribution >= 0.6 is 11.6 Å². The number of benzene rings is 1. The fourth-order valence-corrected chi connectivity index (χ4v) is 2.74. The third-order valence-corrected chi connectivity index (χ3v) is 3.72. The van der Waals surface area contributed by atoms with Crippen LogP contribution in [0.2, 0.25) is 5.02 Å². The molecule has 0 fully saturated rings. The van der Waals surface area contributed by atoms with Gasteiger partial charge in [0.1, 0.15) is 11.3 Å². The van der Waals surface area contributed by atoms with Gasteiger partial charge in [-0.2, -0.15) is 8.42 Å². The summed E-state index contributed by atoms with van der Waals surface area (Å²) < 4.78 is 37.5. The summed E-state index contributed by atoms with van der Waals surface area (Å²) in [4.78, 5) is 4.38. The predicted octanol–water partition coefficient (Wildman–Crippen LogP) is -1.41. The van der Waals surface area contributed by atoms with Gasteiger partial charge in [0.15, 0.2) is 0 Å². The molecule has 21 heavy (non-hydrogen) atoms. The summed E-state index contributed by atoms with van der Waals surface area (Å²) in [6.45, 7) is 2.43. The predicted molar refractivity (Wildman–Crippen MR) is 71.4 cm³/mol. The van der Waals surface area contributed by atoms with Crippen molar-refractivity contribution in [2.45, 2.75) is 19.9 Å². The largest absolute Gasteiger partial charge is 1.00 e. The Kier molecular flexibility index (Phi) is 5.16. The maximum atomic E-state index is 10.5. The molecule has 0 unspecified atom stereocenters. The third-order valence-electron chi connectivity index (χ3n) is 3.16. The maximum Gasteiger partial charge on any atom is 1.00 e. The first-order valence-corrected chi connectivity index (χ1v) is 7.45. The number of rotatable bonds is 2. The molecule has 1 aliphatic heterocycles. The van der Waals surface area contributed by atoms with Crippen molar-refractivity contribution in [3.63, 3.8) is 0 Å². The Morgan fingerprint density at radius 3 is 2.86 bits per heavy atom. The molecule has 0 aliphatic carbocycles. The van der Waals surface area contributed by atoms with Gasteiger partial charge in [0, 0.05) is 18.5 Å². The molecule has 10 heteroatoms. The Bertz CT molecular complexity index is 847. The summed E-state index contributed by atoms with van der Waals surface area (Å²) in [7, 11) is -4.86. The van der Waals surface area contributed by atoms with Crippen LogP contribution in [0.1, 0.15) is 17.8 Å². The molecule has 106 valence electrons. The smallest absolute Gasteiger partial charge is 0.714 e. The minimum Gasteiger partial charge on any atom is -0.714 e. The van der Waals surface area contributed by atoms with E-state index in [1.54, 1.807) is 12.1 Å². The molecule has 0 amide bonds. The van der Waals surface area contributed by atoms with Crippen LogP contribution in [-0.4, -0.2) is 28.2 Å². The number of imidazole rings is 1. The Morgan fingerprint density at radius 1 is 1.48 bits per heavy atom. The Labute approximate surface area is 168 Å². The first-order valence-electron chi connectivity index (χ1n) is 5.74. The summed E-state index contributed by atoms with van der Waals surface area (Å²) in [5.41, 5.74) is 2.45. The molecule has 7 nitrogen and oxygen atoms in total. The van der Waals surface area contributed by atoms with Crippen LogP contribution < -0.4 is 51.4 Å². The van der Waals surface area contributed by atoms with Crippen molar-refractivity contribution < 1.29 is 68.6 Å². The molecular weight excluding hydrogens is 345 g/mol. The van der Waals surface area contributed by atoms with Gasteiger partial charge in [-0.05, 0) is 19.1 Å². The Hall–Kier alpha value is -0.00364. The standard InChI is InChI=1S/C11H10ClN3O4S.K/c1-6-13-10-8(12)3-2-7-9(14-19-20(16,17)18)4-5-15(6)11(7)10;/h2-3H,4-5H2,1H3,(H,16,17,18);/q;+1/p-1/b14-9-;. The van der Waals surface area contributed by atoms with Crippen molar-refractivity contribution in [2.24, 2.45) is 5.16 Å². The molecule has 1 aliphatic rings. The summed E-state index contributed by atoms with van der Waals surface area (Å²) in [6.07, 6.45) is 0.441. The van der Waals surface area contributed by atoms with E-state index in [2.05, 4.69) is 14.4 Å². The van der Waals surface area contributed by atoms with Gasteiger partial charge in [-0.3, -0.25) is 4.28 Å². The molecule has 0 saturated heterocycles. The molecule has 2 heterocycles. The first kappa shape index (κ1) is 17.4. The molecule has 3 rings (SSSR count). The zero-order valence-corrected chi connectivity index (χ0v) is 16.0. The molecule has 0 saturated carbocycles. The monoisotopic (exact) mass is 353 g/mol. The van der Waals surface area contributed by atoms with Gasteiger partial charge in [-0.25, -0.2) is 4.98 Å². The summed E-state index contributed by atoms with van der Waals surface area (Å²) in [5, 5.41) is 3.95. The van der Waals surface area contributed by atoms with E-state index in [4.69, 9.17) is 11.6 Å². The van der Waals surface area contributed by atoms with E-state index in [0.717, 1.165) is 11.3 Å². The second-order valence-electron chi connectivity index (χ2n) is 4.37. The number of aromatic nitrogens is 2. The molecule has 0 spiro atoms. The number of halogens is 1. The minimum absolute atomic E-state index is 0. The van der Waals surface area contributed by atoms with Gasteiger partial charge in [0.25, 0.3) is 10.4 Å². The third kappa shape index (κ3) is 3.35. The van der Waals surface area contributed by atoms with Gasteiger partial charge >= 0.3 is 51.4 Å². The van der Waals surface area contributed by atoms with Crippen LogP contribution in [0.4, 0.5) is 0 Å². The topological polar surface area (TPSA) is 96.6 Å². The van der Waals surface area contributed by atoms with E-state index in [9.17, 15) is 13.0 Å². The molecule has 0 N–H and O–H groups in total. The number of nitrogens with zero attached hydrogens (tertiary/aromatic N) is 3. The average molecular weight is 354 g/mol. The van der Waals surface area contributed by atoms with Crippen LogP contribution in [0.3, 0.4) is 0 Å². The van der Waals surface area contributed by atoms with Crippen molar-refractivity contribution in [3.05, 3.63) is 28.5 Å². The van der Waals surface area contributed by atoms with Crippen molar-refractivity contribution in [1.82, 2.24) is 9.55 Å². The van der Waals surface area contributed by atoms with Crippen LogP contribution in [0.15, 0.2) is 17.3 Å². The fourth-order valence-electron chi connectivity index (χ4n) is 2.36. The fraction of sp³-hybridized carbons (Fsp3) is 0.273. The zero-order chi connectivity index (χ0) is 14.5. The van der Waals surface area contributed by atoms with Gasteiger partial charge in [-0.15, -0.1) is 0 Å². The number of aryl methyl sites for hydroxylation is 2. The minimum atomic E-state index is -4.86. The molecule has 1 aromatic heterocycles. The van der Waals surface area contributed by atoms with Crippen LogP contribution in [0.5, 0.6) is 0 Å².